The molecule has 1 aliphatic rings. The number of rotatable bonds is 6. The lowest BCUT2D eigenvalue weighted by molar-refractivity contribution is 0.102. The van der Waals surface area contributed by atoms with Gasteiger partial charge in [-0.3, -0.25) is 4.79 Å². The van der Waals surface area contributed by atoms with E-state index in [0.29, 0.717) is 18.8 Å². The number of anilines is 2. The second-order valence-corrected chi connectivity index (χ2v) is 6.43. The third-order valence-corrected chi connectivity index (χ3v) is 4.53. The molecule has 5 nitrogen and oxygen atoms in total. The molecule has 1 fully saturated rings. The average molecular weight is 354 g/mol. The maximum absolute atomic E-state index is 12.6. The van der Waals surface area contributed by atoms with E-state index in [1.807, 2.05) is 43.3 Å². The minimum absolute atomic E-state index is 0.124. The maximum atomic E-state index is 12.6. The molecule has 138 valence electrons. The Bertz CT molecular complexity index is 724. The molecule has 0 aliphatic carbocycles. The SMILES string of the molecule is CC[C@H](C)Oc1ccc(C(=O)Nc2ccccc2N2CCOCC2)cc1. The predicted octanol–water partition coefficient (Wildman–Crippen LogP) is 3.95. The van der Waals surface area contributed by atoms with Crippen molar-refractivity contribution in [2.24, 2.45) is 0 Å². The first-order chi connectivity index (χ1) is 12.7. The van der Waals surface area contributed by atoms with Gasteiger partial charge in [0.15, 0.2) is 0 Å². The second kappa shape index (κ2) is 8.72. The zero-order valence-corrected chi connectivity index (χ0v) is 15.4. The summed E-state index contributed by atoms with van der Waals surface area (Å²) in [5.41, 5.74) is 2.46. The van der Waals surface area contributed by atoms with Crippen molar-refractivity contribution in [3.63, 3.8) is 0 Å². The molecule has 1 amide bonds. The number of hydrogen-bond donors (Lipinski definition) is 1. The average Bonchev–Trinajstić information content (AvgIpc) is 2.69. The number of amides is 1. The molecule has 0 aromatic heterocycles. The fourth-order valence-electron chi connectivity index (χ4n) is 2.85. The monoisotopic (exact) mass is 354 g/mol. The van der Waals surface area contributed by atoms with E-state index in [4.69, 9.17) is 9.47 Å². The number of ether oxygens (including phenoxy) is 2. The normalized spacial score (nSPS) is 15.4. The summed E-state index contributed by atoms with van der Waals surface area (Å²) in [6, 6.07) is 15.2. The van der Waals surface area contributed by atoms with Gasteiger partial charge in [0, 0.05) is 18.7 Å². The zero-order chi connectivity index (χ0) is 18.4. The molecule has 3 rings (SSSR count). The van der Waals surface area contributed by atoms with Crippen LogP contribution < -0.4 is 15.0 Å². The topological polar surface area (TPSA) is 50.8 Å². The van der Waals surface area contributed by atoms with Crippen LogP contribution in [0.15, 0.2) is 48.5 Å². The summed E-state index contributed by atoms with van der Waals surface area (Å²) in [6.45, 7) is 7.19. The quantitative estimate of drug-likeness (QED) is 0.853. The molecule has 0 saturated carbocycles. The van der Waals surface area contributed by atoms with Crippen LogP contribution in [0.5, 0.6) is 5.75 Å². The van der Waals surface area contributed by atoms with Gasteiger partial charge in [-0.05, 0) is 49.7 Å². The number of morpholine rings is 1. The Morgan fingerprint density at radius 1 is 1.15 bits per heavy atom. The Morgan fingerprint density at radius 2 is 1.85 bits per heavy atom. The first kappa shape index (κ1) is 18.3. The van der Waals surface area contributed by atoms with Crippen LogP contribution in [-0.4, -0.2) is 38.3 Å². The summed E-state index contributed by atoms with van der Waals surface area (Å²) >= 11 is 0. The lowest BCUT2D eigenvalue weighted by atomic mass is 10.1. The van der Waals surface area contributed by atoms with Crippen LogP contribution in [-0.2, 0) is 4.74 Å². The molecule has 0 bridgehead atoms. The summed E-state index contributed by atoms with van der Waals surface area (Å²) < 4.78 is 11.2. The maximum Gasteiger partial charge on any atom is 0.255 e. The molecule has 1 heterocycles. The van der Waals surface area contributed by atoms with Crippen LogP contribution in [0.2, 0.25) is 0 Å². The predicted molar refractivity (Wildman–Crippen MR) is 104 cm³/mol. The van der Waals surface area contributed by atoms with Gasteiger partial charge in [-0.2, -0.15) is 0 Å². The highest BCUT2D eigenvalue weighted by molar-refractivity contribution is 6.06. The van der Waals surface area contributed by atoms with E-state index in [0.717, 1.165) is 36.6 Å². The molecule has 0 radical (unpaired) electrons. The third kappa shape index (κ3) is 4.55. The molecule has 26 heavy (non-hydrogen) atoms. The van der Waals surface area contributed by atoms with E-state index in [-0.39, 0.29) is 12.0 Å². The number of benzene rings is 2. The lowest BCUT2D eigenvalue weighted by Gasteiger charge is -2.30. The van der Waals surface area contributed by atoms with Crippen LogP contribution in [0.1, 0.15) is 30.6 Å². The van der Waals surface area contributed by atoms with E-state index >= 15 is 0 Å². The van der Waals surface area contributed by atoms with Gasteiger partial charge in [-0.15, -0.1) is 0 Å². The Hall–Kier alpha value is -2.53. The fourth-order valence-corrected chi connectivity index (χ4v) is 2.85. The molecule has 5 heteroatoms. The number of carbonyl (C=O) groups is 1. The van der Waals surface area contributed by atoms with E-state index in [1.165, 1.54) is 0 Å². The van der Waals surface area contributed by atoms with Crippen molar-refractivity contribution < 1.29 is 14.3 Å². The number of nitrogens with one attached hydrogen (secondary N) is 1. The Morgan fingerprint density at radius 3 is 2.54 bits per heavy atom. The minimum Gasteiger partial charge on any atom is -0.491 e. The van der Waals surface area contributed by atoms with Gasteiger partial charge in [-0.1, -0.05) is 19.1 Å². The summed E-state index contributed by atoms with van der Waals surface area (Å²) in [5, 5.41) is 3.03. The second-order valence-electron chi connectivity index (χ2n) is 6.43. The van der Waals surface area contributed by atoms with E-state index in [2.05, 4.69) is 17.1 Å². The van der Waals surface area contributed by atoms with Crippen LogP contribution >= 0.6 is 0 Å². The zero-order valence-electron chi connectivity index (χ0n) is 15.4. The van der Waals surface area contributed by atoms with E-state index in [9.17, 15) is 4.79 Å². The number of carbonyl (C=O) groups excluding carboxylic acids is 1. The van der Waals surface area contributed by atoms with Crippen molar-refractivity contribution in [1.82, 2.24) is 0 Å². The summed E-state index contributed by atoms with van der Waals surface area (Å²) in [6.07, 6.45) is 1.11. The highest BCUT2D eigenvalue weighted by Crippen LogP contribution is 2.27. The van der Waals surface area contributed by atoms with Gasteiger partial charge in [0.1, 0.15) is 5.75 Å². The van der Waals surface area contributed by atoms with Crippen molar-refractivity contribution in [3.05, 3.63) is 54.1 Å². The largest absolute Gasteiger partial charge is 0.491 e. The van der Waals surface area contributed by atoms with Crippen LogP contribution in [0, 0.1) is 0 Å². The smallest absolute Gasteiger partial charge is 0.255 e. The first-order valence-electron chi connectivity index (χ1n) is 9.17. The van der Waals surface area contributed by atoms with Crippen LogP contribution in [0.25, 0.3) is 0 Å². The Balaban J connectivity index is 1.70. The van der Waals surface area contributed by atoms with Crippen molar-refractivity contribution in [2.75, 3.05) is 36.5 Å². The van der Waals surface area contributed by atoms with E-state index in [1.54, 1.807) is 12.1 Å². The molecular weight excluding hydrogens is 328 g/mol. The molecule has 1 N–H and O–H groups in total. The standard InChI is InChI=1S/C21H26N2O3/c1-3-16(2)26-18-10-8-17(9-11-18)21(24)22-19-6-4-5-7-20(19)23-12-14-25-15-13-23/h4-11,16H,3,12-15H2,1-2H3,(H,22,24)/t16-/m0/s1. The highest BCUT2D eigenvalue weighted by atomic mass is 16.5. The molecule has 1 aliphatic heterocycles. The van der Waals surface area contributed by atoms with Gasteiger partial charge in [0.05, 0.1) is 30.7 Å². The summed E-state index contributed by atoms with van der Waals surface area (Å²) in [4.78, 5) is 14.9. The molecule has 1 saturated heterocycles. The van der Waals surface area contributed by atoms with Gasteiger partial charge in [0.2, 0.25) is 0 Å². The molecule has 1 atom stereocenters. The first-order valence-corrected chi connectivity index (χ1v) is 9.17. The van der Waals surface area contributed by atoms with Gasteiger partial charge in [-0.25, -0.2) is 0 Å². The third-order valence-electron chi connectivity index (χ3n) is 4.53. The number of para-hydroxylation sites is 2. The Kier molecular flexibility index (Phi) is 6.12. The Labute approximate surface area is 154 Å². The molecule has 2 aromatic rings. The van der Waals surface area contributed by atoms with Crippen LogP contribution in [0.4, 0.5) is 11.4 Å². The van der Waals surface area contributed by atoms with Crippen molar-refractivity contribution >= 4 is 17.3 Å². The van der Waals surface area contributed by atoms with Gasteiger partial charge >= 0.3 is 0 Å². The molecule has 0 spiro atoms. The molecule has 2 aromatic carbocycles. The van der Waals surface area contributed by atoms with Crippen molar-refractivity contribution in [1.29, 1.82) is 0 Å². The highest BCUT2D eigenvalue weighted by Gasteiger charge is 2.16. The lowest BCUT2D eigenvalue weighted by Crippen LogP contribution is -2.36. The van der Waals surface area contributed by atoms with Crippen molar-refractivity contribution in [3.8, 4) is 5.75 Å². The number of nitrogens with zero attached hydrogens (tertiary/aromatic N) is 1. The fraction of sp³-hybridized carbons (Fsp3) is 0.381. The summed E-state index contributed by atoms with van der Waals surface area (Å²) in [5.74, 6) is 0.658. The van der Waals surface area contributed by atoms with Gasteiger partial charge < -0.3 is 19.7 Å². The molecule has 0 unspecified atom stereocenters. The van der Waals surface area contributed by atoms with Crippen molar-refractivity contribution in [2.45, 2.75) is 26.4 Å². The van der Waals surface area contributed by atoms with Crippen LogP contribution in [0.3, 0.4) is 0 Å². The number of hydrogen-bond acceptors (Lipinski definition) is 4. The minimum atomic E-state index is -0.124. The van der Waals surface area contributed by atoms with Gasteiger partial charge in [0.25, 0.3) is 5.91 Å². The summed E-state index contributed by atoms with van der Waals surface area (Å²) in [7, 11) is 0. The van der Waals surface area contributed by atoms with E-state index < -0.39 is 0 Å². The molecular formula is C21H26N2O3.